The van der Waals surface area contributed by atoms with Gasteiger partial charge in [-0.15, -0.1) is 5.10 Å². The fraction of sp³-hybridized carbons (Fsp3) is 0.600. The van der Waals surface area contributed by atoms with Crippen LogP contribution in [0.5, 0.6) is 0 Å². The van der Waals surface area contributed by atoms with E-state index in [2.05, 4.69) is 37.2 Å². The molecule has 136 valence electrons. The zero-order valence-corrected chi connectivity index (χ0v) is 15.2. The lowest BCUT2D eigenvalue weighted by molar-refractivity contribution is 0.217. The van der Waals surface area contributed by atoms with Crippen molar-refractivity contribution in [1.29, 1.82) is 5.26 Å². The maximum atomic E-state index is 9.35. The van der Waals surface area contributed by atoms with Crippen LogP contribution >= 0.6 is 0 Å². The predicted octanol–water partition coefficient (Wildman–Crippen LogP) is 3.63. The zero-order valence-electron chi connectivity index (χ0n) is 15.2. The van der Waals surface area contributed by atoms with Gasteiger partial charge in [-0.05, 0) is 66.9 Å². The first kappa shape index (κ1) is 17.2. The Balaban J connectivity index is 1.75. The summed E-state index contributed by atoms with van der Waals surface area (Å²) in [6.07, 6.45) is 9.80. The van der Waals surface area contributed by atoms with Crippen LogP contribution in [0.4, 0.5) is 0 Å². The third kappa shape index (κ3) is 3.49. The van der Waals surface area contributed by atoms with Gasteiger partial charge in [-0.1, -0.05) is 37.8 Å². The van der Waals surface area contributed by atoms with Crippen LogP contribution in [0.1, 0.15) is 80.4 Å². The molecule has 2 fully saturated rings. The van der Waals surface area contributed by atoms with Gasteiger partial charge >= 0.3 is 0 Å². The van der Waals surface area contributed by atoms with Gasteiger partial charge in [-0.2, -0.15) is 5.26 Å². The molecule has 0 amide bonds. The van der Waals surface area contributed by atoms with Gasteiger partial charge in [0.1, 0.15) is 0 Å². The number of likely N-dealkylation sites (tertiary alicyclic amines) is 1. The SMILES string of the molecule is N#Cc1cccc([C@H](c2nnnn2C2CCCC2)N2CCCCCC2)c1. The average Bonchev–Trinajstić information content (AvgIpc) is 3.30. The second-order valence-corrected chi connectivity index (χ2v) is 7.51. The van der Waals surface area contributed by atoms with Crippen molar-refractivity contribution in [2.45, 2.75) is 63.5 Å². The van der Waals surface area contributed by atoms with Crippen LogP contribution in [0.3, 0.4) is 0 Å². The number of rotatable bonds is 4. The molecule has 0 radical (unpaired) electrons. The minimum absolute atomic E-state index is 0.0250. The van der Waals surface area contributed by atoms with Crippen molar-refractivity contribution in [3.8, 4) is 6.07 Å². The fourth-order valence-electron chi connectivity index (χ4n) is 4.44. The Bertz CT molecular complexity index is 763. The van der Waals surface area contributed by atoms with Gasteiger partial charge in [0.15, 0.2) is 5.82 Å². The highest BCUT2D eigenvalue weighted by atomic mass is 15.6. The van der Waals surface area contributed by atoms with Gasteiger partial charge in [0.25, 0.3) is 0 Å². The van der Waals surface area contributed by atoms with Crippen LogP contribution in [0.15, 0.2) is 24.3 Å². The highest BCUT2D eigenvalue weighted by Crippen LogP contribution is 2.35. The van der Waals surface area contributed by atoms with E-state index in [0.717, 1.165) is 37.3 Å². The maximum absolute atomic E-state index is 9.35. The summed E-state index contributed by atoms with van der Waals surface area (Å²) in [5.41, 5.74) is 1.82. The minimum Gasteiger partial charge on any atom is -0.290 e. The van der Waals surface area contributed by atoms with Crippen molar-refractivity contribution in [2.75, 3.05) is 13.1 Å². The van der Waals surface area contributed by atoms with Crippen molar-refractivity contribution in [1.82, 2.24) is 25.1 Å². The highest BCUT2D eigenvalue weighted by Gasteiger charge is 2.31. The van der Waals surface area contributed by atoms with Crippen LogP contribution in [0, 0.1) is 11.3 Å². The summed E-state index contributed by atoms with van der Waals surface area (Å²) in [5.74, 6) is 0.939. The van der Waals surface area contributed by atoms with Crippen LogP contribution < -0.4 is 0 Å². The number of hydrogen-bond acceptors (Lipinski definition) is 5. The molecule has 1 aromatic carbocycles. The Morgan fingerprint density at radius 2 is 1.81 bits per heavy atom. The number of tetrazole rings is 1. The fourth-order valence-corrected chi connectivity index (χ4v) is 4.44. The van der Waals surface area contributed by atoms with E-state index < -0.39 is 0 Å². The lowest BCUT2D eigenvalue weighted by Gasteiger charge is -2.31. The minimum atomic E-state index is 0.0250. The summed E-state index contributed by atoms with van der Waals surface area (Å²) in [6.45, 7) is 2.11. The molecule has 1 aliphatic heterocycles. The lowest BCUT2D eigenvalue weighted by atomic mass is 10.0. The number of nitriles is 1. The molecule has 4 rings (SSSR count). The van der Waals surface area contributed by atoms with Crippen molar-refractivity contribution >= 4 is 0 Å². The van der Waals surface area contributed by atoms with Gasteiger partial charge in [0.2, 0.25) is 0 Å². The summed E-state index contributed by atoms with van der Waals surface area (Å²) < 4.78 is 2.07. The third-order valence-electron chi connectivity index (χ3n) is 5.77. The van der Waals surface area contributed by atoms with Crippen LogP contribution in [0.25, 0.3) is 0 Å². The largest absolute Gasteiger partial charge is 0.290 e. The third-order valence-corrected chi connectivity index (χ3v) is 5.77. The molecule has 6 nitrogen and oxygen atoms in total. The van der Waals surface area contributed by atoms with Crippen molar-refractivity contribution < 1.29 is 0 Å². The maximum Gasteiger partial charge on any atom is 0.173 e. The van der Waals surface area contributed by atoms with Crippen LogP contribution in [-0.4, -0.2) is 38.2 Å². The number of aromatic nitrogens is 4. The second kappa shape index (κ2) is 7.96. The molecule has 0 N–H and O–H groups in total. The van der Waals surface area contributed by atoms with E-state index in [0.29, 0.717) is 11.6 Å². The van der Waals surface area contributed by atoms with E-state index in [-0.39, 0.29) is 6.04 Å². The Hall–Kier alpha value is -2.26. The molecule has 1 atom stereocenters. The normalized spacial score (nSPS) is 20.6. The molecular weight excluding hydrogens is 324 g/mol. The van der Waals surface area contributed by atoms with E-state index in [4.69, 9.17) is 0 Å². The number of nitrogens with zero attached hydrogens (tertiary/aromatic N) is 6. The molecule has 1 aromatic heterocycles. The van der Waals surface area contributed by atoms with E-state index >= 15 is 0 Å². The highest BCUT2D eigenvalue weighted by molar-refractivity contribution is 5.36. The van der Waals surface area contributed by atoms with Crippen LogP contribution in [-0.2, 0) is 0 Å². The van der Waals surface area contributed by atoms with E-state index in [1.165, 1.54) is 38.5 Å². The second-order valence-electron chi connectivity index (χ2n) is 7.51. The van der Waals surface area contributed by atoms with E-state index in [1.54, 1.807) is 0 Å². The molecule has 0 bridgehead atoms. The summed E-state index contributed by atoms with van der Waals surface area (Å²) in [4.78, 5) is 2.51. The Morgan fingerprint density at radius 3 is 2.54 bits per heavy atom. The van der Waals surface area contributed by atoms with Gasteiger partial charge in [0, 0.05) is 0 Å². The monoisotopic (exact) mass is 350 g/mol. The van der Waals surface area contributed by atoms with Gasteiger partial charge in [-0.25, -0.2) is 4.68 Å². The molecule has 2 aromatic rings. The molecule has 26 heavy (non-hydrogen) atoms. The Kier molecular flexibility index (Phi) is 5.26. The quantitative estimate of drug-likeness (QED) is 0.842. The van der Waals surface area contributed by atoms with E-state index in [9.17, 15) is 5.26 Å². The topological polar surface area (TPSA) is 70.6 Å². The van der Waals surface area contributed by atoms with E-state index in [1.807, 2.05) is 18.2 Å². The predicted molar refractivity (Wildman–Crippen MR) is 98.4 cm³/mol. The van der Waals surface area contributed by atoms with Gasteiger partial charge in [0.05, 0.1) is 23.7 Å². The smallest absolute Gasteiger partial charge is 0.173 e. The first-order chi connectivity index (χ1) is 12.9. The molecule has 1 saturated carbocycles. The zero-order chi connectivity index (χ0) is 17.8. The Morgan fingerprint density at radius 1 is 1.04 bits per heavy atom. The standard InChI is InChI=1S/C20H26N6/c21-15-16-8-7-9-17(14-16)19(25-12-5-1-2-6-13-25)20-22-23-24-26(20)18-10-3-4-11-18/h7-9,14,18-19H,1-6,10-13H2/t19-/m1/s1. The van der Waals surface area contributed by atoms with Crippen molar-refractivity contribution in [2.24, 2.45) is 0 Å². The first-order valence-electron chi connectivity index (χ1n) is 9.88. The number of benzene rings is 1. The molecule has 2 heterocycles. The van der Waals surface area contributed by atoms with Crippen LogP contribution in [0.2, 0.25) is 0 Å². The molecule has 0 unspecified atom stereocenters. The number of hydrogen-bond donors (Lipinski definition) is 0. The molecule has 2 aliphatic rings. The summed E-state index contributed by atoms with van der Waals surface area (Å²) in [7, 11) is 0. The van der Waals surface area contributed by atoms with Gasteiger partial charge < -0.3 is 0 Å². The lowest BCUT2D eigenvalue weighted by Crippen LogP contribution is -2.33. The molecule has 1 saturated heterocycles. The summed E-state index contributed by atoms with van der Waals surface area (Å²) in [5, 5.41) is 22.2. The molecular formula is C20H26N6. The van der Waals surface area contributed by atoms with Gasteiger partial charge in [-0.3, -0.25) is 4.90 Å². The summed E-state index contributed by atoms with van der Waals surface area (Å²) in [6, 6.07) is 10.7. The van der Waals surface area contributed by atoms with Crippen molar-refractivity contribution in [3.63, 3.8) is 0 Å². The molecule has 1 aliphatic carbocycles. The average molecular weight is 350 g/mol. The molecule has 6 heteroatoms. The molecule has 0 spiro atoms. The first-order valence-corrected chi connectivity index (χ1v) is 9.88. The Labute approximate surface area is 154 Å². The summed E-state index contributed by atoms with van der Waals surface area (Å²) >= 11 is 0. The van der Waals surface area contributed by atoms with Crippen molar-refractivity contribution in [3.05, 3.63) is 41.2 Å².